The normalized spacial score (nSPS) is 20.7. The topological polar surface area (TPSA) is 15.3 Å². The highest BCUT2D eigenvalue weighted by Gasteiger charge is 2.26. The summed E-state index contributed by atoms with van der Waals surface area (Å²) in [7, 11) is 0. The summed E-state index contributed by atoms with van der Waals surface area (Å²) in [5.41, 5.74) is 1.28. The molecule has 0 amide bonds. The molecule has 1 saturated heterocycles. The number of rotatable bonds is 5. The highest BCUT2D eigenvalue weighted by atomic mass is 35.5. The van der Waals surface area contributed by atoms with E-state index >= 15 is 0 Å². The first-order valence-electron chi connectivity index (χ1n) is 8.11. The van der Waals surface area contributed by atoms with E-state index in [9.17, 15) is 0 Å². The lowest BCUT2D eigenvalue weighted by Crippen LogP contribution is -2.50. The second-order valence-electron chi connectivity index (χ2n) is 6.49. The van der Waals surface area contributed by atoms with Crippen molar-refractivity contribution in [3.05, 3.63) is 33.8 Å². The first-order valence-corrected chi connectivity index (χ1v) is 8.86. The second-order valence-corrected chi connectivity index (χ2v) is 7.31. The number of halogens is 2. The maximum atomic E-state index is 6.17. The molecule has 2 aliphatic rings. The van der Waals surface area contributed by atoms with Crippen LogP contribution in [0.1, 0.15) is 37.7 Å². The van der Waals surface area contributed by atoms with E-state index in [2.05, 4.69) is 16.3 Å². The smallest absolute Gasteiger partial charge is 0.0595 e. The summed E-state index contributed by atoms with van der Waals surface area (Å²) < 4.78 is 0. The number of benzene rings is 1. The van der Waals surface area contributed by atoms with Gasteiger partial charge in [0.05, 0.1) is 10.0 Å². The van der Waals surface area contributed by atoms with Gasteiger partial charge in [0.15, 0.2) is 0 Å². The van der Waals surface area contributed by atoms with Crippen LogP contribution >= 0.6 is 23.2 Å². The summed E-state index contributed by atoms with van der Waals surface area (Å²) in [5.74, 6) is 0.815. The van der Waals surface area contributed by atoms with Crippen molar-refractivity contribution >= 4 is 23.2 Å². The largest absolute Gasteiger partial charge is 0.316 e. The fourth-order valence-corrected chi connectivity index (χ4v) is 3.79. The Kier molecular flexibility index (Phi) is 5.44. The van der Waals surface area contributed by atoms with Crippen molar-refractivity contribution in [2.45, 2.75) is 44.7 Å². The predicted octanol–water partition coefficient (Wildman–Crippen LogP) is 4.35. The van der Waals surface area contributed by atoms with Crippen molar-refractivity contribution in [1.29, 1.82) is 0 Å². The number of nitrogens with zero attached hydrogens (tertiary/aromatic N) is 1. The molecule has 1 saturated carbocycles. The van der Waals surface area contributed by atoms with Crippen LogP contribution in [-0.2, 0) is 6.54 Å². The van der Waals surface area contributed by atoms with Crippen LogP contribution in [0.4, 0.5) is 0 Å². The van der Waals surface area contributed by atoms with Gasteiger partial charge in [-0.15, -0.1) is 0 Å². The minimum absolute atomic E-state index is 0.646. The zero-order valence-corrected chi connectivity index (χ0v) is 14.0. The van der Waals surface area contributed by atoms with Crippen molar-refractivity contribution in [2.24, 2.45) is 5.92 Å². The molecular formula is C17H24Cl2N2. The minimum atomic E-state index is 0.646. The zero-order valence-electron chi connectivity index (χ0n) is 12.5. The molecule has 2 nitrogen and oxygen atoms in total. The Bertz CT molecular complexity index is 468. The molecule has 0 unspecified atom stereocenters. The van der Waals surface area contributed by atoms with Gasteiger partial charge < -0.3 is 5.32 Å². The summed E-state index contributed by atoms with van der Waals surface area (Å²) in [5, 5.41) is 4.70. The molecule has 21 heavy (non-hydrogen) atoms. The summed E-state index contributed by atoms with van der Waals surface area (Å²) in [6.45, 7) is 4.55. The first-order chi connectivity index (χ1) is 10.2. The molecule has 116 valence electrons. The van der Waals surface area contributed by atoms with Gasteiger partial charge in [-0.05, 0) is 36.5 Å². The van der Waals surface area contributed by atoms with Gasteiger partial charge in [0, 0.05) is 32.2 Å². The van der Waals surface area contributed by atoms with Gasteiger partial charge in [0.2, 0.25) is 0 Å². The Hall–Kier alpha value is -0.280. The van der Waals surface area contributed by atoms with Gasteiger partial charge in [-0.1, -0.05) is 48.5 Å². The average Bonchev–Trinajstić information content (AvgIpc) is 2.46. The van der Waals surface area contributed by atoms with Crippen LogP contribution in [0.3, 0.4) is 0 Å². The third kappa shape index (κ3) is 4.13. The molecule has 0 atom stereocenters. The molecule has 1 heterocycles. The van der Waals surface area contributed by atoms with Gasteiger partial charge in [-0.25, -0.2) is 0 Å². The maximum absolute atomic E-state index is 6.17. The predicted molar refractivity (Wildman–Crippen MR) is 90.1 cm³/mol. The van der Waals surface area contributed by atoms with E-state index < -0.39 is 0 Å². The van der Waals surface area contributed by atoms with Crippen LogP contribution in [0.25, 0.3) is 0 Å². The molecule has 1 aliphatic carbocycles. The Morgan fingerprint density at radius 1 is 1.05 bits per heavy atom. The highest BCUT2D eigenvalue weighted by molar-refractivity contribution is 6.42. The van der Waals surface area contributed by atoms with Gasteiger partial charge in [0.25, 0.3) is 0 Å². The quantitative estimate of drug-likeness (QED) is 0.865. The van der Waals surface area contributed by atoms with Gasteiger partial charge in [-0.3, -0.25) is 4.90 Å². The monoisotopic (exact) mass is 326 g/mol. The van der Waals surface area contributed by atoms with Crippen LogP contribution in [0.15, 0.2) is 18.2 Å². The first kappa shape index (κ1) is 15.6. The maximum Gasteiger partial charge on any atom is 0.0595 e. The van der Waals surface area contributed by atoms with Crippen LogP contribution in [0.5, 0.6) is 0 Å². The van der Waals surface area contributed by atoms with E-state index in [4.69, 9.17) is 23.2 Å². The van der Waals surface area contributed by atoms with Crippen molar-refractivity contribution in [3.63, 3.8) is 0 Å². The van der Waals surface area contributed by atoms with E-state index in [1.807, 2.05) is 12.1 Å². The fraction of sp³-hybridized carbons (Fsp3) is 0.647. The lowest BCUT2D eigenvalue weighted by molar-refractivity contribution is 0.109. The van der Waals surface area contributed by atoms with Crippen LogP contribution < -0.4 is 5.32 Å². The molecule has 1 aromatic rings. The van der Waals surface area contributed by atoms with E-state index in [0.717, 1.165) is 18.5 Å². The zero-order chi connectivity index (χ0) is 14.7. The fourth-order valence-electron chi connectivity index (χ4n) is 3.47. The molecule has 0 radical (unpaired) electrons. The number of nitrogens with one attached hydrogen (secondary N) is 1. The minimum Gasteiger partial charge on any atom is -0.316 e. The molecule has 1 aliphatic heterocycles. The van der Waals surface area contributed by atoms with Gasteiger partial charge in [-0.2, -0.15) is 0 Å². The van der Waals surface area contributed by atoms with Crippen molar-refractivity contribution < 1.29 is 0 Å². The molecule has 1 N–H and O–H groups in total. The third-order valence-electron chi connectivity index (χ3n) is 4.82. The summed E-state index contributed by atoms with van der Waals surface area (Å²) in [6, 6.07) is 6.80. The lowest BCUT2D eigenvalue weighted by Gasteiger charge is -2.39. The number of hydrogen-bond donors (Lipinski definition) is 1. The molecule has 0 spiro atoms. The third-order valence-corrected chi connectivity index (χ3v) is 5.56. The van der Waals surface area contributed by atoms with E-state index in [1.165, 1.54) is 57.3 Å². The average molecular weight is 327 g/mol. The Labute approximate surface area is 137 Å². The summed E-state index contributed by atoms with van der Waals surface area (Å²) in [4.78, 5) is 2.68. The molecule has 2 fully saturated rings. The highest BCUT2D eigenvalue weighted by Crippen LogP contribution is 2.27. The Balaban J connectivity index is 1.68. The molecule has 0 bridgehead atoms. The van der Waals surface area contributed by atoms with Crippen molar-refractivity contribution in [2.75, 3.05) is 19.6 Å². The van der Waals surface area contributed by atoms with Crippen LogP contribution in [0, 0.1) is 5.92 Å². The lowest BCUT2D eigenvalue weighted by atomic mass is 9.92. The molecule has 1 aromatic carbocycles. The summed E-state index contributed by atoms with van der Waals surface area (Å²) in [6.07, 6.45) is 6.86. The van der Waals surface area contributed by atoms with Crippen LogP contribution in [0.2, 0.25) is 10.0 Å². The second kappa shape index (κ2) is 7.32. The molecule has 0 aromatic heterocycles. The van der Waals surface area contributed by atoms with Gasteiger partial charge in [0.1, 0.15) is 0 Å². The molecule has 4 heteroatoms. The van der Waals surface area contributed by atoms with E-state index in [0.29, 0.717) is 10.0 Å². The van der Waals surface area contributed by atoms with Crippen molar-refractivity contribution in [3.8, 4) is 0 Å². The van der Waals surface area contributed by atoms with E-state index in [1.54, 1.807) is 0 Å². The SMILES string of the molecule is Clc1ccc(CN(CC2CNC2)C2CCCCC2)cc1Cl. The summed E-state index contributed by atoms with van der Waals surface area (Å²) >= 11 is 12.2. The Morgan fingerprint density at radius 2 is 1.81 bits per heavy atom. The van der Waals surface area contributed by atoms with E-state index in [-0.39, 0.29) is 0 Å². The molecular weight excluding hydrogens is 303 g/mol. The number of hydrogen-bond acceptors (Lipinski definition) is 2. The van der Waals surface area contributed by atoms with Crippen molar-refractivity contribution in [1.82, 2.24) is 10.2 Å². The van der Waals surface area contributed by atoms with Crippen LogP contribution in [-0.4, -0.2) is 30.6 Å². The van der Waals surface area contributed by atoms with Gasteiger partial charge >= 0.3 is 0 Å². The standard InChI is InChI=1S/C17H24Cl2N2/c18-16-7-6-13(8-17(16)19)11-21(12-14-9-20-10-14)15-4-2-1-3-5-15/h6-8,14-15,20H,1-5,9-12H2. The Morgan fingerprint density at radius 3 is 2.43 bits per heavy atom. The molecule has 3 rings (SSSR count).